The number of anilines is 1. The molecule has 2 rings (SSSR count). The van der Waals surface area contributed by atoms with Crippen LogP contribution in [0, 0.1) is 13.8 Å². The number of nitrogens with zero attached hydrogens (tertiary/aromatic N) is 1. The van der Waals surface area contributed by atoms with Gasteiger partial charge in [-0.1, -0.05) is 0 Å². The van der Waals surface area contributed by atoms with E-state index in [0.717, 1.165) is 11.1 Å². The van der Waals surface area contributed by atoms with Gasteiger partial charge in [0.15, 0.2) is 0 Å². The lowest BCUT2D eigenvalue weighted by Gasteiger charge is -2.12. The zero-order valence-electron chi connectivity index (χ0n) is 10.8. The summed E-state index contributed by atoms with van der Waals surface area (Å²) in [6.45, 7) is 3.71. The number of nitrogens with two attached hydrogens (primary N) is 2. The molecule has 5 heteroatoms. The number of benzene rings is 1. The molecule has 0 unspecified atom stereocenters. The maximum Gasteiger partial charge on any atom is 0.248 e. The molecule has 0 fully saturated rings. The number of hydrogen-bond donors (Lipinski definition) is 2. The number of primary amides is 1. The standard InChI is InChI=1S/C14H15N3O2/c1-8-5-10(14(16)18)6-9(2)13(8)19-12-4-3-11(15)7-17-12/h3-7H,15H2,1-2H3,(H2,16,18). The molecule has 0 aliphatic rings. The lowest BCUT2D eigenvalue weighted by molar-refractivity contribution is 0.1000. The first-order valence-electron chi connectivity index (χ1n) is 5.78. The van der Waals surface area contributed by atoms with Gasteiger partial charge in [-0.05, 0) is 43.2 Å². The van der Waals surface area contributed by atoms with Crippen molar-refractivity contribution in [3.63, 3.8) is 0 Å². The third kappa shape index (κ3) is 2.82. The predicted molar refractivity (Wildman–Crippen MR) is 73.2 cm³/mol. The van der Waals surface area contributed by atoms with E-state index in [-0.39, 0.29) is 0 Å². The first-order valence-corrected chi connectivity index (χ1v) is 5.78. The summed E-state index contributed by atoms with van der Waals surface area (Å²) in [5.74, 6) is 0.665. The van der Waals surface area contributed by atoms with E-state index in [2.05, 4.69) is 4.98 Å². The Labute approximate surface area is 111 Å². The second-order valence-corrected chi connectivity index (χ2v) is 4.34. The molecule has 19 heavy (non-hydrogen) atoms. The van der Waals surface area contributed by atoms with Gasteiger partial charge in [0.2, 0.25) is 11.8 Å². The third-order valence-corrected chi connectivity index (χ3v) is 2.71. The number of carbonyl (C=O) groups excluding carboxylic acids is 1. The van der Waals surface area contributed by atoms with Crippen molar-refractivity contribution >= 4 is 11.6 Å². The summed E-state index contributed by atoms with van der Waals surface area (Å²) in [5, 5.41) is 0. The number of hydrogen-bond acceptors (Lipinski definition) is 4. The minimum atomic E-state index is -0.455. The molecule has 0 radical (unpaired) electrons. The van der Waals surface area contributed by atoms with Gasteiger partial charge in [0.05, 0.1) is 11.9 Å². The highest BCUT2D eigenvalue weighted by atomic mass is 16.5. The Morgan fingerprint density at radius 1 is 1.21 bits per heavy atom. The SMILES string of the molecule is Cc1cc(C(N)=O)cc(C)c1Oc1ccc(N)cn1. The Morgan fingerprint density at radius 3 is 2.32 bits per heavy atom. The lowest BCUT2D eigenvalue weighted by atomic mass is 10.1. The highest BCUT2D eigenvalue weighted by Gasteiger charge is 2.10. The summed E-state index contributed by atoms with van der Waals surface area (Å²) < 4.78 is 5.71. The van der Waals surface area contributed by atoms with E-state index < -0.39 is 5.91 Å². The van der Waals surface area contributed by atoms with Crippen LogP contribution in [0.1, 0.15) is 21.5 Å². The highest BCUT2D eigenvalue weighted by Crippen LogP contribution is 2.29. The molecule has 0 aliphatic carbocycles. The third-order valence-electron chi connectivity index (χ3n) is 2.71. The normalized spacial score (nSPS) is 10.2. The smallest absolute Gasteiger partial charge is 0.248 e. The molecule has 5 nitrogen and oxygen atoms in total. The number of aromatic nitrogens is 1. The van der Waals surface area contributed by atoms with Crippen LogP contribution in [0.25, 0.3) is 0 Å². The second-order valence-electron chi connectivity index (χ2n) is 4.34. The number of aryl methyl sites for hydroxylation is 2. The summed E-state index contributed by atoms with van der Waals surface area (Å²) >= 11 is 0. The molecule has 0 spiro atoms. The van der Waals surface area contributed by atoms with Crippen molar-refractivity contribution in [2.24, 2.45) is 5.73 Å². The van der Waals surface area contributed by atoms with E-state index in [4.69, 9.17) is 16.2 Å². The van der Waals surface area contributed by atoms with Crippen molar-refractivity contribution in [1.29, 1.82) is 0 Å². The molecule has 4 N–H and O–H groups in total. The van der Waals surface area contributed by atoms with Crippen LogP contribution in [-0.4, -0.2) is 10.9 Å². The number of amides is 1. The zero-order chi connectivity index (χ0) is 14.0. The quantitative estimate of drug-likeness (QED) is 0.881. The fourth-order valence-electron chi connectivity index (χ4n) is 1.81. The molecule has 98 valence electrons. The predicted octanol–water partition coefficient (Wildman–Crippen LogP) is 2.17. The minimum absolute atomic E-state index is 0.451. The molecular formula is C14H15N3O2. The molecule has 0 aliphatic heterocycles. The summed E-state index contributed by atoms with van der Waals surface area (Å²) in [4.78, 5) is 15.2. The number of rotatable bonds is 3. The van der Waals surface area contributed by atoms with E-state index >= 15 is 0 Å². The molecule has 2 aromatic rings. The van der Waals surface area contributed by atoms with Gasteiger partial charge in [-0.25, -0.2) is 4.98 Å². The molecule has 0 saturated carbocycles. The van der Waals surface area contributed by atoms with Gasteiger partial charge in [0.25, 0.3) is 0 Å². The van der Waals surface area contributed by atoms with Gasteiger partial charge in [-0.15, -0.1) is 0 Å². The second kappa shape index (κ2) is 4.97. The maximum absolute atomic E-state index is 11.2. The van der Waals surface area contributed by atoms with Crippen molar-refractivity contribution in [2.75, 3.05) is 5.73 Å². The Morgan fingerprint density at radius 2 is 1.84 bits per heavy atom. The minimum Gasteiger partial charge on any atom is -0.438 e. The molecule has 0 bridgehead atoms. The maximum atomic E-state index is 11.2. The Kier molecular flexibility index (Phi) is 3.37. The fourth-order valence-corrected chi connectivity index (χ4v) is 1.81. The number of carbonyl (C=O) groups is 1. The van der Waals surface area contributed by atoms with Crippen LogP contribution in [0.15, 0.2) is 30.5 Å². The first-order chi connectivity index (χ1) is 8.97. The average Bonchev–Trinajstić information content (AvgIpc) is 2.35. The Hall–Kier alpha value is -2.56. The van der Waals surface area contributed by atoms with Crippen LogP contribution in [0.5, 0.6) is 11.6 Å². The van der Waals surface area contributed by atoms with Gasteiger partial charge in [0, 0.05) is 11.6 Å². The van der Waals surface area contributed by atoms with E-state index in [1.807, 2.05) is 13.8 Å². The summed E-state index contributed by atoms with van der Waals surface area (Å²) in [5.41, 5.74) is 13.5. The number of nitrogen functional groups attached to an aromatic ring is 1. The first kappa shape index (κ1) is 12.9. The summed E-state index contributed by atoms with van der Waals surface area (Å²) in [6.07, 6.45) is 1.53. The number of ether oxygens (including phenoxy) is 1. The molecule has 1 amide bonds. The lowest BCUT2D eigenvalue weighted by Crippen LogP contribution is -2.11. The molecular weight excluding hydrogens is 242 g/mol. The van der Waals surface area contributed by atoms with Crippen molar-refractivity contribution in [1.82, 2.24) is 4.98 Å². The molecule has 1 aromatic carbocycles. The van der Waals surface area contributed by atoms with E-state index in [1.165, 1.54) is 6.20 Å². The average molecular weight is 257 g/mol. The number of pyridine rings is 1. The van der Waals surface area contributed by atoms with Gasteiger partial charge in [0.1, 0.15) is 5.75 Å². The molecule has 1 aromatic heterocycles. The van der Waals surface area contributed by atoms with Crippen LogP contribution < -0.4 is 16.2 Å². The van der Waals surface area contributed by atoms with Gasteiger partial charge >= 0.3 is 0 Å². The summed E-state index contributed by atoms with van der Waals surface area (Å²) in [6, 6.07) is 6.80. The van der Waals surface area contributed by atoms with Crippen molar-refractivity contribution < 1.29 is 9.53 Å². The van der Waals surface area contributed by atoms with Crippen LogP contribution in [0.3, 0.4) is 0 Å². The van der Waals surface area contributed by atoms with Crippen molar-refractivity contribution in [3.05, 3.63) is 47.2 Å². The Balaban J connectivity index is 2.35. The van der Waals surface area contributed by atoms with Crippen LogP contribution >= 0.6 is 0 Å². The van der Waals surface area contributed by atoms with Gasteiger partial charge in [-0.3, -0.25) is 4.79 Å². The van der Waals surface area contributed by atoms with Crippen LogP contribution in [-0.2, 0) is 0 Å². The molecule has 0 saturated heterocycles. The van der Waals surface area contributed by atoms with E-state index in [0.29, 0.717) is 22.9 Å². The topological polar surface area (TPSA) is 91.2 Å². The monoisotopic (exact) mass is 257 g/mol. The van der Waals surface area contributed by atoms with Gasteiger partial charge in [-0.2, -0.15) is 0 Å². The van der Waals surface area contributed by atoms with Crippen LogP contribution in [0.2, 0.25) is 0 Å². The highest BCUT2D eigenvalue weighted by molar-refractivity contribution is 5.93. The van der Waals surface area contributed by atoms with Gasteiger partial charge < -0.3 is 16.2 Å². The van der Waals surface area contributed by atoms with Crippen molar-refractivity contribution in [3.8, 4) is 11.6 Å². The molecule has 1 heterocycles. The zero-order valence-corrected chi connectivity index (χ0v) is 10.8. The van der Waals surface area contributed by atoms with Crippen LogP contribution in [0.4, 0.5) is 5.69 Å². The Bertz CT molecular complexity index is 598. The molecule has 0 atom stereocenters. The fraction of sp³-hybridized carbons (Fsp3) is 0.143. The summed E-state index contributed by atoms with van der Waals surface area (Å²) in [7, 11) is 0. The van der Waals surface area contributed by atoms with Crippen molar-refractivity contribution in [2.45, 2.75) is 13.8 Å². The van der Waals surface area contributed by atoms with E-state index in [9.17, 15) is 4.79 Å². The van der Waals surface area contributed by atoms with E-state index in [1.54, 1.807) is 24.3 Å². The largest absolute Gasteiger partial charge is 0.438 e.